The predicted octanol–water partition coefficient (Wildman–Crippen LogP) is 5.36. The molecule has 3 aromatic carbocycles. The SMILES string of the molecule is CNCc1cccc(Cl)c1Sc1ccc2ccccc2c1. The van der Waals surface area contributed by atoms with E-state index in [0.717, 1.165) is 16.5 Å². The van der Waals surface area contributed by atoms with Crippen molar-refractivity contribution in [3.05, 3.63) is 71.2 Å². The Labute approximate surface area is 134 Å². The van der Waals surface area contributed by atoms with Crippen LogP contribution in [0.4, 0.5) is 0 Å². The van der Waals surface area contributed by atoms with E-state index in [2.05, 4.69) is 53.8 Å². The van der Waals surface area contributed by atoms with Gasteiger partial charge >= 0.3 is 0 Å². The fraction of sp³-hybridized carbons (Fsp3) is 0.111. The van der Waals surface area contributed by atoms with E-state index in [1.54, 1.807) is 11.8 Å². The van der Waals surface area contributed by atoms with E-state index in [4.69, 9.17) is 11.6 Å². The van der Waals surface area contributed by atoms with E-state index >= 15 is 0 Å². The summed E-state index contributed by atoms with van der Waals surface area (Å²) in [7, 11) is 1.95. The summed E-state index contributed by atoms with van der Waals surface area (Å²) in [4.78, 5) is 2.34. The van der Waals surface area contributed by atoms with Crippen molar-refractivity contribution in [2.45, 2.75) is 16.3 Å². The molecule has 0 fully saturated rings. The molecule has 0 spiro atoms. The predicted molar refractivity (Wildman–Crippen MR) is 92.3 cm³/mol. The third kappa shape index (κ3) is 3.24. The summed E-state index contributed by atoms with van der Waals surface area (Å²) < 4.78 is 0. The van der Waals surface area contributed by atoms with Gasteiger partial charge in [-0.2, -0.15) is 0 Å². The lowest BCUT2D eigenvalue weighted by Crippen LogP contribution is -2.06. The van der Waals surface area contributed by atoms with Crippen LogP contribution >= 0.6 is 23.4 Å². The van der Waals surface area contributed by atoms with E-state index in [0.29, 0.717) is 0 Å². The van der Waals surface area contributed by atoms with Crippen LogP contribution in [0.15, 0.2) is 70.5 Å². The summed E-state index contributed by atoms with van der Waals surface area (Å²) in [5, 5.41) is 6.52. The second kappa shape index (κ2) is 6.52. The first kappa shape index (κ1) is 14.5. The second-order valence-corrected chi connectivity index (χ2v) is 6.36. The number of rotatable bonds is 4. The lowest BCUT2D eigenvalue weighted by atomic mass is 10.1. The van der Waals surface area contributed by atoms with Crippen LogP contribution in [-0.4, -0.2) is 7.05 Å². The van der Waals surface area contributed by atoms with Gasteiger partial charge in [0, 0.05) is 16.3 Å². The molecule has 0 aromatic heterocycles. The van der Waals surface area contributed by atoms with Crippen LogP contribution in [0.3, 0.4) is 0 Å². The zero-order valence-electron chi connectivity index (χ0n) is 11.8. The summed E-state index contributed by atoms with van der Waals surface area (Å²) in [6.45, 7) is 0.816. The van der Waals surface area contributed by atoms with Gasteiger partial charge in [-0.15, -0.1) is 0 Å². The monoisotopic (exact) mass is 313 g/mol. The molecular formula is C18H16ClNS. The minimum Gasteiger partial charge on any atom is -0.316 e. The highest BCUT2D eigenvalue weighted by molar-refractivity contribution is 7.99. The first-order valence-electron chi connectivity index (χ1n) is 6.86. The Bertz CT molecular complexity index is 770. The van der Waals surface area contributed by atoms with E-state index < -0.39 is 0 Å². The highest BCUT2D eigenvalue weighted by Crippen LogP contribution is 2.37. The number of benzene rings is 3. The third-order valence-corrected chi connectivity index (χ3v) is 4.96. The first-order valence-corrected chi connectivity index (χ1v) is 8.06. The van der Waals surface area contributed by atoms with E-state index in [1.807, 2.05) is 19.2 Å². The summed E-state index contributed by atoms with van der Waals surface area (Å²) in [6, 6.07) is 21.0. The number of fused-ring (bicyclic) bond motifs is 1. The van der Waals surface area contributed by atoms with Crippen LogP contribution in [0, 0.1) is 0 Å². The van der Waals surface area contributed by atoms with Gasteiger partial charge in [-0.3, -0.25) is 0 Å². The summed E-state index contributed by atoms with van der Waals surface area (Å²) >= 11 is 8.11. The van der Waals surface area contributed by atoms with Crippen molar-refractivity contribution in [2.24, 2.45) is 0 Å². The highest BCUT2D eigenvalue weighted by Gasteiger charge is 2.08. The topological polar surface area (TPSA) is 12.0 Å². The molecule has 0 aliphatic heterocycles. The van der Waals surface area contributed by atoms with Crippen molar-refractivity contribution in [1.82, 2.24) is 5.32 Å². The fourth-order valence-corrected chi connectivity index (χ4v) is 3.65. The van der Waals surface area contributed by atoms with Gasteiger partial charge in [0.1, 0.15) is 0 Å². The maximum atomic E-state index is 6.38. The molecular weight excluding hydrogens is 298 g/mol. The lowest BCUT2D eigenvalue weighted by Gasteiger charge is -2.11. The van der Waals surface area contributed by atoms with Crippen molar-refractivity contribution in [3.63, 3.8) is 0 Å². The number of hydrogen-bond donors (Lipinski definition) is 1. The quantitative estimate of drug-likeness (QED) is 0.695. The van der Waals surface area contributed by atoms with Gasteiger partial charge in [0.2, 0.25) is 0 Å². The Morgan fingerprint density at radius 1 is 0.952 bits per heavy atom. The molecule has 3 aromatic rings. The Morgan fingerprint density at radius 2 is 1.76 bits per heavy atom. The van der Waals surface area contributed by atoms with E-state index in [9.17, 15) is 0 Å². The first-order chi connectivity index (χ1) is 10.3. The Balaban J connectivity index is 1.98. The van der Waals surface area contributed by atoms with Crippen molar-refractivity contribution in [2.75, 3.05) is 7.05 Å². The molecule has 1 N–H and O–H groups in total. The van der Waals surface area contributed by atoms with E-state index in [1.165, 1.54) is 21.2 Å². The van der Waals surface area contributed by atoms with Gasteiger partial charge in [-0.05, 0) is 41.6 Å². The summed E-state index contributed by atoms with van der Waals surface area (Å²) in [5.74, 6) is 0. The van der Waals surface area contributed by atoms with Crippen LogP contribution in [-0.2, 0) is 6.54 Å². The normalized spacial score (nSPS) is 11.0. The summed E-state index contributed by atoms with van der Waals surface area (Å²) in [5.41, 5.74) is 1.23. The Hall–Kier alpha value is -1.48. The molecule has 21 heavy (non-hydrogen) atoms. The van der Waals surface area contributed by atoms with Gasteiger partial charge in [-0.1, -0.05) is 65.8 Å². The number of hydrogen-bond acceptors (Lipinski definition) is 2. The molecule has 0 amide bonds. The largest absolute Gasteiger partial charge is 0.316 e. The zero-order chi connectivity index (χ0) is 14.7. The van der Waals surface area contributed by atoms with Crippen LogP contribution in [0.5, 0.6) is 0 Å². The number of nitrogens with one attached hydrogen (secondary N) is 1. The Morgan fingerprint density at radius 3 is 2.57 bits per heavy atom. The van der Waals surface area contributed by atoms with Gasteiger partial charge in [0.05, 0.1) is 5.02 Å². The molecule has 0 unspecified atom stereocenters. The van der Waals surface area contributed by atoms with Crippen molar-refractivity contribution < 1.29 is 0 Å². The molecule has 0 aliphatic carbocycles. The van der Waals surface area contributed by atoms with Gasteiger partial charge < -0.3 is 5.32 Å². The van der Waals surface area contributed by atoms with Crippen molar-refractivity contribution in [1.29, 1.82) is 0 Å². The smallest absolute Gasteiger partial charge is 0.0548 e. The molecule has 0 heterocycles. The summed E-state index contributed by atoms with van der Waals surface area (Å²) in [6.07, 6.45) is 0. The molecule has 0 radical (unpaired) electrons. The third-order valence-electron chi connectivity index (χ3n) is 3.36. The molecule has 0 saturated heterocycles. The molecule has 0 saturated carbocycles. The van der Waals surface area contributed by atoms with Gasteiger partial charge in [-0.25, -0.2) is 0 Å². The van der Waals surface area contributed by atoms with E-state index in [-0.39, 0.29) is 0 Å². The maximum absolute atomic E-state index is 6.38. The minimum absolute atomic E-state index is 0.806. The zero-order valence-corrected chi connectivity index (χ0v) is 13.3. The molecule has 3 heteroatoms. The molecule has 106 valence electrons. The van der Waals surface area contributed by atoms with Gasteiger partial charge in [0.25, 0.3) is 0 Å². The average Bonchev–Trinajstić information content (AvgIpc) is 2.51. The molecule has 3 rings (SSSR count). The van der Waals surface area contributed by atoms with Crippen LogP contribution in [0.25, 0.3) is 10.8 Å². The van der Waals surface area contributed by atoms with Crippen LogP contribution < -0.4 is 5.32 Å². The fourth-order valence-electron chi connectivity index (χ4n) is 2.35. The number of halogens is 1. The standard InChI is InChI=1S/C18H16ClNS/c1-20-12-15-7-4-8-17(19)18(15)21-16-10-9-13-5-2-3-6-14(13)11-16/h2-11,20H,12H2,1H3. The minimum atomic E-state index is 0.806. The van der Waals surface area contributed by atoms with Crippen LogP contribution in [0.2, 0.25) is 5.02 Å². The Kier molecular flexibility index (Phi) is 4.49. The van der Waals surface area contributed by atoms with Crippen molar-refractivity contribution >= 4 is 34.1 Å². The molecule has 0 aliphatic rings. The van der Waals surface area contributed by atoms with Gasteiger partial charge in [0.15, 0.2) is 0 Å². The van der Waals surface area contributed by atoms with Crippen LogP contribution in [0.1, 0.15) is 5.56 Å². The highest BCUT2D eigenvalue weighted by atomic mass is 35.5. The average molecular weight is 314 g/mol. The van der Waals surface area contributed by atoms with Crippen molar-refractivity contribution in [3.8, 4) is 0 Å². The molecule has 1 nitrogen and oxygen atoms in total. The second-order valence-electron chi connectivity index (χ2n) is 4.87. The lowest BCUT2D eigenvalue weighted by molar-refractivity contribution is 0.803. The maximum Gasteiger partial charge on any atom is 0.0548 e. The molecule has 0 atom stereocenters. The molecule has 0 bridgehead atoms.